The largest absolute Gasteiger partial charge is 0.378 e. The molecule has 0 unspecified atom stereocenters. The predicted octanol–water partition coefficient (Wildman–Crippen LogP) is 5.64. The van der Waals surface area contributed by atoms with Gasteiger partial charge in [0, 0.05) is 59.3 Å². The summed E-state index contributed by atoms with van der Waals surface area (Å²) in [6.07, 6.45) is 12.1. The van der Waals surface area contributed by atoms with E-state index in [1.165, 1.54) is 22.5 Å². The molecule has 1 fully saturated rings. The highest BCUT2D eigenvalue weighted by atomic mass is 32.1. The third kappa shape index (κ3) is 4.21. The van der Waals surface area contributed by atoms with Gasteiger partial charge in [-0.25, -0.2) is 9.36 Å². The fraction of sp³-hybridized carbons (Fsp3) is 0.400. The van der Waals surface area contributed by atoms with Crippen molar-refractivity contribution in [3.8, 4) is 11.1 Å². The van der Waals surface area contributed by atoms with Crippen LogP contribution in [0.5, 0.6) is 0 Å². The summed E-state index contributed by atoms with van der Waals surface area (Å²) in [6.45, 7) is 4.99. The molecule has 0 radical (unpaired) electrons. The molecule has 0 bridgehead atoms. The summed E-state index contributed by atoms with van der Waals surface area (Å²) in [4.78, 5) is 20.9. The van der Waals surface area contributed by atoms with Gasteiger partial charge in [0.25, 0.3) is 5.56 Å². The maximum absolute atomic E-state index is 13.2. The number of rotatable bonds is 6. The quantitative estimate of drug-likeness (QED) is 0.401. The van der Waals surface area contributed by atoms with E-state index in [-0.39, 0.29) is 5.56 Å². The molecule has 2 N–H and O–H groups in total. The summed E-state index contributed by atoms with van der Waals surface area (Å²) < 4.78 is 6.09. The Morgan fingerprint density at radius 3 is 2.84 bits per heavy atom. The van der Waals surface area contributed by atoms with Gasteiger partial charge in [-0.1, -0.05) is 13.8 Å². The van der Waals surface area contributed by atoms with Gasteiger partial charge in [-0.05, 0) is 72.8 Å². The molecule has 4 heterocycles. The van der Waals surface area contributed by atoms with Gasteiger partial charge in [0.2, 0.25) is 0 Å². The molecule has 7 heteroatoms. The first-order valence-electron chi connectivity index (χ1n) is 11.4. The van der Waals surface area contributed by atoms with Crippen molar-refractivity contribution in [2.45, 2.75) is 58.0 Å². The maximum Gasteiger partial charge on any atom is 0.273 e. The van der Waals surface area contributed by atoms with Crippen LogP contribution in [0.3, 0.4) is 0 Å². The lowest BCUT2D eigenvalue weighted by Crippen LogP contribution is -2.31. The van der Waals surface area contributed by atoms with Crippen LogP contribution in [0.1, 0.15) is 51.0 Å². The summed E-state index contributed by atoms with van der Waals surface area (Å²) in [5.41, 5.74) is 5.21. The lowest BCUT2D eigenvalue weighted by atomic mass is 9.81. The first-order valence-corrected chi connectivity index (χ1v) is 12.2. The minimum Gasteiger partial charge on any atom is -0.378 e. The van der Waals surface area contributed by atoms with E-state index in [9.17, 15) is 4.79 Å². The van der Waals surface area contributed by atoms with Crippen molar-refractivity contribution in [1.82, 2.24) is 18.9 Å². The fourth-order valence-corrected chi connectivity index (χ4v) is 5.40. The Bertz CT molecular complexity index is 1250. The second-order valence-corrected chi connectivity index (χ2v) is 9.90. The Morgan fingerprint density at radius 1 is 1.25 bits per heavy atom. The Balaban J connectivity index is 1.34. The molecule has 1 aliphatic carbocycles. The smallest absolute Gasteiger partial charge is 0.273 e. The van der Waals surface area contributed by atoms with Gasteiger partial charge in [-0.3, -0.25) is 4.79 Å². The van der Waals surface area contributed by atoms with Gasteiger partial charge >= 0.3 is 0 Å². The Morgan fingerprint density at radius 2 is 2.09 bits per heavy atom. The predicted molar refractivity (Wildman–Crippen MR) is 131 cm³/mol. The van der Waals surface area contributed by atoms with E-state index in [1.807, 2.05) is 40.7 Å². The third-order valence-corrected chi connectivity index (χ3v) is 7.01. The number of hydrogen-bond donors (Lipinski definition) is 2. The van der Waals surface area contributed by atoms with Crippen LogP contribution in [-0.2, 0) is 6.54 Å². The Kier molecular flexibility index (Phi) is 5.83. The molecule has 4 aromatic heterocycles. The SMILES string of the molecule is CC(C)Cn1cc(-c2cnsc2)cc(N[C@H]2CC[C@@H](c3c[nH]c4ncccc43)CC2)c1=O. The van der Waals surface area contributed by atoms with E-state index in [2.05, 4.69) is 45.8 Å². The van der Waals surface area contributed by atoms with Crippen LogP contribution in [0.15, 0.2) is 53.2 Å². The van der Waals surface area contributed by atoms with Crippen LogP contribution >= 0.6 is 11.5 Å². The molecule has 5 rings (SSSR count). The molecule has 166 valence electrons. The van der Waals surface area contributed by atoms with Crippen LogP contribution in [0, 0.1) is 5.92 Å². The minimum atomic E-state index is 0.0652. The highest BCUT2D eigenvalue weighted by Crippen LogP contribution is 2.37. The zero-order valence-electron chi connectivity index (χ0n) is 18.5. The van der Waals surface area contributed by atoms with Gasteiger partial charge < -0.3 is 14.9 Å². The molecule has 0 aromatic carbocycles. The number of nitrogens with zero attached hydrogens (tertiary/aromatic N) is 3. The van der Waals surface area contributed by atoms with E-state index < -0.39 is 0 Å². The molecule has 0 amide bonds. The van der Waals surface area contributed by atoms with Crippen molar-refractivity contribution >= 4 is 28.3 Å². The van der Waals surface area contributed by atoms with E-state index >= 15 is 0 Å². The molecule has 0 spiro atoms. The van der Waals surface area contributed by atoms with Crippen molar-refractivity contribution in [1.29, 1.82) is 0 Å². The highest BCUT2D eigenvalue weighted by molar-refractivity contribution is 7.03. The van der Waals surface area contributed by atoms with Crippen LogP contribution in [0.4, 0.5) is 5.69 Å². The van der Waals surface area contributed by atoms with E-state index in [0.717, 1.165) is 42.5 Å². The number of nitrogens with one attached hydrogen (secondary N) is 2. The van der Waals surface area contributed by atoms with Crippen LogP contribution in [-0.4, -0.2) is 25.0 Å². The second-order valence-electron chi connectivity index (χ2n) is 9.24. The monoisotopic (exact) mass is 447 g/mol. The topological polar surface area (TPSA) is 75.6 Å². The molecular weight excluding hydrogens is 418 g/mol. The molecule has 0 atom stereocenters. The molecule has 1 aliphatic rings. The molecule has 1 saturated carbocycles. The van der Waals surface area contributed by atoms with Crippen molar-refractivity contribution in [3.05, 3.63) is 64.3 Å². The van der Waals surface area contributed by atoms with Gasteiger partial charge in [0.1, 0.15) is 11.3 Å². The Labute approximate surface area is 191 Å². The molecule has 6 nitrogen and oxygen atoms in total. The van der Waals surface area contributed by atoms with E-state index in [0.29, 0.717) is 30.1 Å². The average molecular weight is 448 g/mol. The van der Waals surface area contributed by atoms with Gasteiger partial charge in [-0.15, -0.1) is 0 Å². The Hall–Kier alpha value is -2.93. The molecule has 0 aliphatic heterocycles. The zero-order valence-corrected chi connectivity index (χ0v) is 19.4. The normalized spacial score (nSPS) is 19.0. The summed E-state index contributed by atoms with van der Waals surface area (Å²) in [7, 11) is 0. The van der Waals surface area contributed by atoms with E-state index in [4.69, 9.17) is 0 Å². The molecule has 32 heavy (non-hydrogen) atoms. The standard InChI is InChI=1S/C25H29N5OS/c1-16(2)13-30-14-18(19-11-28-32-15-19)10-23(25(30)31)29-20-7-5-17(6-8-20)22-12-27-24-21(22)4-3-9-26-24/h3-4,9-12,14-17,20,29H,5-8,13H2,1-2H3,(H,26,27)/t17-,20+. The van der Waals surface area contributed by atoms with Crippen LogP contribution < -0.4 is 10.9 Å². The summed E-state index contributed by atoms with van der Waals surface area (Å²) in [5.74, 6) is 0.935. The number of pyridine rings is 2. The zero-order chi connectivity index (χ0) is 22.1. The first kappa shape index (κ1) is 20.9. The van der Waals surface area contributed by atoms with Crippen molar-refractivity contribution in [2.24, 2.45) is 5.92 Å². The number of aromatic nitrogens is 4. The average Bonchev–Trinajstić information content (AvgIpc) is 3.47. The van der Waals surface area contributed by atoms with Crippen molar-refractivity contribution in [2.75, 3.05) is 5.32 Å². The number of hydrogen-bond acceptors (Lipinski definition) is 5. The highest BCUT2D eigenvalue weighted by Gasteiger charge is 2.25. The maximum atomic E-state index is 13.2. The van der Waals surface area contributed by atoms with Crippen LogP contribution in [0.25, 0.3) is 22.2 Å². The molecular formula is C25H29N5OS. The summed E-state index contributed by atoms with van der Waals surface area (Å²) in [5, 5.41) is 6.86. The van der Waals surface area contributed by atoms with Gasteiger partial charge in [-0.2, -0.15) is 0 Å². The van der Waals surface area contributed by atoms with E-state index in [1.54, 1.807) is 0 Å². The molecule has 0 saturated heterocycles. The fourth-order valence-electron chi connectivity index (χ4n) is 4.86. The summed E-state index contributed by atoms with van der Waals surface area (Å²) in [6, 6.07) is 6.47. The lowest BCUT2D eigenvalue weighted by molar-refractivity contribution is 0.413. The number of aromatic amines is 1. The summed E-state index contributed by atoms with van der Waals surface area (Å²) >= 11 is 1.43. The number of H-pyrrole nitrogens is 1. The van der Waals surface area contributed by atoms with Gasteiger partial charge in [0.15, 0.2) is 0 Å². The second kappa shape index (κ2) is 8.90. The van der Waals surface area contributed by atoms with Crippen LogP contribution in [0.2, 0.25) is 0 Å². The number of anilines is 1. The first-order chi connectivity index (χ1) is 15.6. The lowest BCUT2D eigenvalue weighted by Gasteiger charge is -2.30. The van der Waals surface area contributed by atoms with Crippen molar-refractivity contribution < 1.29 is 0 Å². The third-order valence-electron chi connectivity index (χ3n) is 6.42. The van der Waals surface area contributed by atoms with Gasteiger partial charge in [0.05, 0.1) is 0 Å². The number of fused-ring (bicyclic) bond motifs is 1. The minimum absolute atomic E-state index is 0.0652. The van der Waals surface area contributed by atoms with Crippen molar-refractivity contribution in [3.63, 3.8) is 0 Å². The molecule has 4 aromatic rings.